The van der Waals surface area contributed by atoms with Crippen LogP contribution in [-0.2, 0) is 17.6 Å². The lowest BCUT2D eigenvalue weighted by Crippen LogP contribution is -2.36. The third-order valence-electron chi connectivity index (χ3n) is 7.94. The van der Waals surface area contributed by atoms with Crippen molar-refractivity contribution in [3.8, 4) is 5.00 Å². The highest BCUT2D eigenvalue weighted by atomic mass is 32.1. The number of fused-ring (bicyclic) bond motifs is 1. The molecule has 1 aliphatic heterocycles. The summed E-state index contributed by atoms with van der Waals surface area (Å²) in [4.78, 5) is 22.2. The number of amides is 1. The second-order valence-electron chi connectivity index (χ2n) is 10.7. The van der Waals surface area contributed by atoms with Crippen LogP contribution in [0.4, 0.5) is 17.1 Å². The average molecular weight is 553 g/mol. The molecule has 206 valence electrons. The number of carbonyl (C=O) groups is 1. The fraction of sp³-hybridized carbons (Fsp3) is 0.333. The molecule has 0 spiro atoms. The number of carbonyl (C=O) groups excluding carboxylic acids is 1. The van der Waals surface area contributed by atoms with Crippen LogP contribution >= 0.6 is 11.3 Å². The van der Waals surface area contributed by atoms with Crippen molar-refractivity contribution in [2.24, 2.45) is 4.99 Å². The number of aromatic nitrogens is 1. The van der Waals surface area contributed by atoms with Crippen LogP contribution in [0.5, 0.6) is 0 Å². The van der Waals surface area contributed by atoms with Crippen LogP contribution in [0.15, 0.2) is 59.6 Å². The van der Waals surface area contributed by atoms with E-state index in [1.165, 1.54) is 28.1 Å². The van der Waals surface area contributed by atoms with Crippen molar-refractivity contribution in [1.29, 1.82) is 0 Å². The Balaban J connectivity index is 1.29. The van der Waals surface area contributed by atoms with Crippen LogP contribution in [0.2, 0.25) is 0 Å². The number of anilines is 2. The van der Waals surface area contributed by atoms with E-state index in [4.69, 9.17) is 9.73 Å². The van der Waals surface area contributed by atoms with Gasteiger partial charge in [-0.05, 0) is 94.5 Å². The van der Waals surface area contributed by atoms with Gasteiger partial charge in [-0.15, -0.1) is 11.3 Å². The number of nitrogens with one attached hydrogen (secondary N) is 1. The molecule has 40 heavy (non-hydrogen) atoms. The first kappa shape index (κ1) is 26.5. The van der Waals surface area contributed by atoms with Crippen molar-refractivity contribution >= 4 is 40.5 Å². The van der Waals surface area contributed by atoms with Gasteiger partial charge < -0.3 is 19.5 Å². The Hall–Kier alpha value is -3.68. The molecule has 2 aromatic carbocycles. The van der Waals surface area contributed by atoms with E-state index >= 15 is 0 Å². The number of ether oxygens (including phenoxy) is 1. The maximum absolute atomic E-state index is 13.8. The van der Waals surface area contributed by atoms with Crippen molar-refractivity contribution in [1.82, 2.24) is 4.57 Å². The summed E-state index contributed by atoms with van der Waals surface area (Å²) < 4.78 is 7.72. The van der Waals surface area contributed by atoms with Gasteiger partial charge in [-0.2, -0.15) is 0 Å². The van der Waals surface area contributed by atoms with Gasteiger partial charge >= 0.3 is 0 Å². The molecule has 1 N–H and O–H groups in total. The van der Waals surface area contributed by atoms with Gasteiger partial charge in [0.05, 0.1) is 24.5 Å². The van der Waals surface area contributed by atoms with Gasteiger partial charge in [0.15, 0.2) is 0 Å². The number of morpholine rings is 1. The van der Waals surface area contributed by atoms with Gasteiger partial charge in [0.25, 0.3) is 5.91 Å². The molecule has 0 unspecified atom stereocenters. The molecule has 3 heterocycles. The fourth-order valence-electron chi connectivity index (χ4n) is 5.72. The molecule has 1 amide bonds. The number of thiophene rings is 1. The molecule has 2 aromatic heterocycles. The summed E-state index contributed by atoms with van der Waals surface area (Å²) in [6, 6.07) is 18.6. The Labute approximate surface area is 240 Å². The quantitative estimate of drug-likeness (QED) is 0.258. The van der Waals surface area contributed by atoms with Gasteiger partial charge in [-0.3, -0.25) is 9.79 Å². The van der Waals surface area contributed by atoms with Crippen LogP contribution in [-0.4, -0.2) is 43.0 Å². The van der Waals surface area contributed by atoms with E-state index in [0.29, 0.717) is 0 Å². The summed E-state index contributed by atoms with van der Waals surface area (Å²) >= 11 is 1.77. The molecule has 1 aliphatic carbocycles. The minimum atomic E-state index is -0.0265. The number of aryl methyl sites for hydroxylation is 3. The van der Waals surface area contributed by atoms with Crippen LogP contribution in [0.3, 0.4) is 0 Å². The minimum absolute atomic E-state index is 0.0265. The average Bonchev–Trinajstić information content (AvgIpc) is 3.49. The maximum Gasteiger partial charge on any atom is 0.258 e. The predicted octanol–water partition coefficient (Wildman–Crippen LogP) is 7.18. The number of hydrogen-bond donors (Lipinski definition) is 1. The fourth-order valence-corrected chi connectivity index (χ4v) is 7.22. The Kier molecular flexibility index (Phi) is 7.59. The molecule has 1 fully saturated rings. The molecule has 0 radical (unpaired) electrons. The summed E-state index contributed by atoms with van der Waals surface area (Å²) in [5, 5.41) is 4.18. The molecule has 0 atom stereocenters. The standard InChI is InChI=1S/C33H36N4O2S/c1-22-8-10-27(11-9-22)35-32(38)31-29-6-4-5-7-30(29)40-33(31)37-23(2)20-25(24(37)3)21-34-26-12-14-28(15-13-26)36-16-18-39-19-17-36/h8-15,20-21H,4-7,16-19H2,1-3H3,(H,35,38). The van der Waals surface area contributed by atoms with E-state index in [-0.39, 0.29) is 5.91 Å². The maximum atomic E-state index is 13.8. The summed E-state index contributed by atoms with van der Waals surface area (Å²) in [6.45, 7) is 9.68. The molecule has 0 saturated carbocycles. The van der Waals surface area contributed by atoms with Crippen molar-refractivity contribution in [2.75, 3.05) is 36.5 Å². The van der Waals surface area contributed by atoms with E-state index < -0.39 is 0 Å². The highest BCUT2D eigenvalue weighted by molar-refractivity contribution is 7.15. The number of rotatable bonds is 6. The Morgan fingerprint density at radius 3 is 2.45 bits per heavy atom. The van der Waals surface area contributed by atoms with Gasteiger partial charge in [0, 0.05) is 52.5 Å². The number of hydrogen-bond acceptors (Lipinski definition) is 5. The van der Waals surface area contributed by atoms with Crippen molar-refractivity contribution in [3.05, 3.63) is 93.1 Å². The Morgan fingerprint density at radius 1 is 0.975 bits per heavy atom. The van der Waals surface area contributed by atoms with Crippen LogP contribution < -0.4 is 10.2 Å². The monoisotopic (exact) mass is 552 g/mol. The molecule has 6 nitrogen and oxygen atoms in total. The highest BCUT2D eigenvalue weighted by Crippen LogP contribution is 2.39. The first-order valence-electron chi connectivity index (χ1n) is 14.2. The first-order chi connectivity index (χ1) is 19.5. The van der Waals surface area contributed by atoms with Crippen molar-refractivity contribution < 1.29 is 9.53 Å². The molecule has 2 aliphatic rings. The van der Waals surface area contributed by atoms with E-state index in [1.54, 1.807) is 11.3 Å². The second kappa shape index (κ2) is 11.4. The SMILES string of the molecule is Cc1ccc(NC(=O)c2c(-n3c(C)cc(C=Nc4ccc(N5CCOCC5)cc4)c3C)sc3c2CCCC3)cc1. The van der Waals surface area contributed by atoms with E-state index in [9.17, 15) is 4.79 Å². The summed E-state index contributed by atoms with van der Waals surface area (Å²) in [5.41, 5.74) is 9.43. The smallest absolute Gasteiger partial charge is 0.258 e. The molecular formula is C33H36N4O2S. The van der Waals surface area contributed by atoms with Crippen LogP contribution in [0.1, 0.15) is 56.2 Å². The molecular weight excluding hydrogens is 516 g/mol. The molecule has 7 heteroatoms. The summed E-state index contributed by atoms with van der Waals surface area (Å²) in [5.74, 6) is -0.0265. The number of benzene rings is 2. The van der Waals surface area contributed by atoms with E-state index in [0.717, 1.165) is 84.5 Å². The number of nitrogens with zero attached hydrogens (tertiary/aromatic N) is 3. The Bertz CT molecular complexity index is 1540. The third kappa shape index (κ3) is 5.36. The first-order valence-corrected chi connectivity index (χ1v) is 15.0. The van der Waals surface area contributed by atoms with Gasteiger partial charge in [0.2, 0.25) is 0 Å². The van der Waals surface area contributed by atoms with Gasteiger partial charge in [-0.1, -0.05) is 17.7 Å². The zero-order chi connectivity index (χ0) is 27.6. The lowest BCUT2D eigenvalue weighted by molar-refractivity contribution is 0.102. The second-order valence-corrected chi connectivity index (χ2v) is 11.8. The van der Waals surface area contributed by atoms with Crippen LogP contribution in [0.25, 0.3) is 5.00 Å². The van der Waals surface area contributed by atoms with E-state index in [1.807, 2.05) is 30.5 Å². The molecule has 6 rings (SSSR count). The Morgan fingerprint density at radius 2 is 1.70 bits per heavy atom. The zero-order valence-corrected chi connectivity index (χ0v) is 24.3. The predicted molar refractivity (Wildman–Crippen MR) is 166 cm³/mol. The summed E-state index contributed by atoms with van der Waals surface area (Å²) in [6.07, 6.45) is 6.25. The van der Waals surface area contributed by atoms with Gasteiger partial charge in [-0.25, -0.2) is 0 Å². The van der Waals surface area contributed by atoms with Gasteiger partial charge in [0.1, 0.15) is 5.00 Å². The lowest BCUT2D eigenvalue weighted by Gasteiger charge is -2.28. The molecule has 0 bridgehead atoms. The van der Waals surface area contributed by atoms with Crippen molar-refractivity contribution in [2.45, 2.75) is 46.5 Å². The topological polar surface area (TPSA) is 58.9 Å². The minimum Gasteiger partial charge on any atom is -0.378 e. The third-order valence-corrected chi connectivity index (χ3v) is 9.22. The number of aliphatic imine (C=N–C) groups is 1. The van der Waals surface area contributed by atoms with Crippen molar-refractivity contribution in [3.63, 3.8) is 0 Å². The molecule has 4 aromatic rings. The zero-order valence-electron chi connectivity index (χ0n) is 23.5. The summed E-state index contributed by atoms with van der Waals surface area (Å²) in [7, 11) is 0. The molecule has 1 saturated heterocycles. The van der Waals surface area contributed by atoms with E-state index in [2.05, 4.69) is 65.9 Å². The van der Waals surface area contributed by atoms with Crippen LogP contribution in [0, 0.1) is 20.8 Å². The lowest BCUT2D eigenvalue weighted by atomic mass is 9.95. The normalized spacial score (nSPS) is 15.4. The largest absolute Gasteiger partial charge is 0.378 e. The highest BCUT2D eigenvalue weighted by Gasteiger charge is 2.28.